The summed E-state index contributed by atoms with van der Waals surface area (Å²) in [6, 6.07) is 9.35. The van der Waals surface area contributed by atoms with E-state index in [9.17, 15) is 66.1 Å². The molecule has 0 saturated heterocycles. The van der Waals surface area contributed by atoms with Crippen LogP contribution in [0.1, 0.15) is 122 Å². The Bertz CT molecular complexity index is 2250. The van der Waals surface area contributed by atoms with E-state index in [1.807, 2.05) is 12.1 Å². The summed E-state index contributed by atoms with van der Waals surface area (Å²) in [6.07, 6.45) is 6.62. The van der Waals surface area contributed by atoms with Gasteiger partial charge in [-0.05, 0) is 24.6 Å². The normalized spacial score (nSPS) is 12.0. The van der Waals surface area contributed by atoms with Crippen molar-refractivity contribution >= 4 is 69.4 Å². The molecule has 7 N–H and O–H groups in total. The van der Waals surface area contributed by atoms with Gasteiger partial charge in [0.15, 0.2) is 11.6 Å². The van der Waals surface area contributed by atoms with Gasteiger partial charge in [-0.25, -0.2) is 13.6 Å². The van der Waals surface area contributed by atoms with Crippen LogP contribution >= 0.6 is 0 Å². The van der Waals surface area contributed by atoms with Gasteiger partial charge < -0.3 is 25.8 Å². The molecule has 16 nitrogen and oxygen atoms in total. The number of benzene rings is 3. The number of hydrogen-bond donors (Lipinski definition) is 7. The van der Waals surface area contributed by atoms with Crippen molar-refractivity contribution < 1.29 is 70.9 Å². The third-order valence-corrected chi connectivity index (χ3v) is 27.0. The molecule has 376 valence electrons. The Morgan fingerprint density at radius 1 is 0.609 bits per heavy atom. The molecule has 0 fully saturated rings. The summed E-state index contributed by atoms with van der Waals surface area (Å²) < 4.78 is 64.8. The molecule has 0 aliphatic carbocycles. The number of nitrogens with one attached hydrogen (secondary N) is 5. The first-order chi connectivity index (χ1) is 32.9. The number of rotatable bonds is 30. The summed E-state index contributed by atoms with van der Waals surface area (Å²) >= 11 is -2.78. The van der Waals surface area contributed by atoms with Crippen molar-refractivity contribution in [2.75, 3.05) is 19.6 Å². The number of aliphatic carboxylic acids is 2. The Morgan fingerprint density at radius 2 is 1.13 bits per heavy atom. The second kappa shape index (κ2) is 29.1. The molecule has 0 heterocycles. The van der Waals surface area contributed by atoms with Crippen molar-refractivity contribution in [3.05, 3.63) is 94.6 Å². The van der Waals surface area contributed by atoms with Gasteiger partial charge in [0, 0.05) is 18.1 Å². The SMILES string of the molecule is CCC[CH2][Sn]([CH2]CCC)([CH2]CCC)[c]1cccc(C(=O)NCCCCC(NC(=O)CNC(=O)C(CCC(=O)O)NC(=O)CNC(=O)c2cccc(C(=O)Oc3c(F)c(F)cc(F)c3F)c2)C(=O)O)c1. The van der Waals surface area contributed by atoms with Gasteiger partial charge in [-0.15, -0.1) is 0 Å². The molecule has 3 aromatic rings. The summed E-state index contributed by atoms with van der Waals surface area (Å²) in [5, 5.41) is 30.9. The van der Waals surface area contributed by atoms with Crippen LogP contribution < -0.4 is 34.9 Å². The fraction of sp³-hybridized carbons (Fsp3) is 0.458. The monoisotopic (exact) mass is 1080 g/mol. The fourth-order valence-electron chi connectivity index (χ4n) is 7.54. The van der Waals surface area contributed by atoms with Crippen molar-refractivity contribution in [2.45, 2.75) is 117 Å². The molecule has 0 radical (unpaired) electrons. The number of hydrogen-bond acceptors (Lipinski definition) is 9. The molecule has 0 saturated carbocycles. The zero-order chi connectivity index (χ0) is 51.1. The molecule has 0 aromatic heterocycles. The van der Waals surface area contributed by atoms with Gasteiger partial charge in [0.25, 0.3) is 5.91 Å². The van der Waals surface area contributed by atoms with Gasteiger partial charge in [0.2, 0.25) is 29.2 Å². The van der Waals surface area contributed by atoms with E-state index in [0.717, 1.165) is 37.5 Å². The quantitative estimate of drug-likeness (QED) is 0.0104. The van der Waals surface area contributed by atoms with E-state index < -0.39 is 133 Å². The van der Waals surface area contributed by atoms with Crippen LogP contribution in [0.3, 0.4) is 0 Å². The van der Waals surface area contributed by atoms with Crippen LogP contribution in [0.4, 0.5) is 17.6 Å². The topological polar surface area (TPSA) is 246 Å². The summed E-state index contributed by atoms with van der Waals surface area (Å²) in [4.78, 5) is 100. The van der Waals surface area contributed by atoms with E-state index in [2.05, 4.69) is 64.2 Å². The molecular weight excluding hydrogens is 1020 g/mol. The van der Waals surface area contributed by atoms with Crippen molar-refractivity contribution in [1.82, 2.24) is 26.6 Å². The second-order valence-electron chi connectivity index (χ2n) is 16.6. The van der Waals surface area contributed by atoms with Crippen molar-refractivity contribution in [3.63, 3.8) is 0 Å². The molecule has 2 unspecified atom stereocenters. The Kier molecular flexibility index (Phi) is 24.1. The molecule has 3 rings (SSSR count). The number of unbranched alkanes of at least 4 members (excludes halogenated alkanes) is 4. The molecule has 3 aromatic carbocycles. The van der Waals surface area contributed by atoms with Crippen LogP contribution in [0.2, 0.25) is 13.3 Å². The van der Waals surface area contributed by atoms with E-state index in [-0.39, 0.29) is 30.5 Å². The molecule has 69 heavy (non-hydrogen) atoms. The molecule has 0 aliphatic rings. The molecule has 0 bridgehead atoms. The summed E-state index contributed by atoms with van der Waals surface area (Å²) in [5.41, 5.74) is -0.173. The van der Waals surface area contributed by atoms with Crippen LogP contribution in [-0.4, -0.2) is 108 Å². The molecule has 2 atom stereocenters. The number of halogens is 4. The molecular formula is C48H61F4N5O11Sn. The standard InChI is InChI=1S/C36H34F4N5O11.3C4H9.Sn/c37-22-16-23(38)30(40)31(29(22)39)56-36(55)21-10-6-9-20(15-21)33(51)42-17-26(46)44-24(12-13-28(48)49)34(52)43-18-27(47)45-25(35(53)54)11-4-5-14-41-32(50)19-7-2-1-3-8-19;3*1-3-4-2;/h1-2,6-10,15-16,24-25H,4-5,11-14,17-18H2,(H,41,50)(H,42,51)(H,43,52)(H,44,46)(H,45,47)(H,48,49)(H,53,54);3*1,3-4H2,2H3;. The number of carbonyl (C=O) groups excluding carboxylic acids is 6. The first-order valence-electron chi connectivity index (χ1n) is 23.0. The van der Waals surface area contributed by atoms with Crippen molar-refractivity contribution in [3.8, 4) is 5.75 Å². The minimum atomic E-state index is -2.78. The van der Waals surface area contributed by atoms with Gasteiger partial charge >= 0.3 is 211 Å². The van der Waals surface area contributed by atoms with Crippen LogP contribution in [0.15, 0.2) is 54.6 Å². The first kappa shape index (κ1) is 57.3. The Balaban J connectivity index is 1.51. The minimum absolute atomic E-state index is 0.00283. The average molecular weight is 1080 g/mol. The van der Waals surface area contributed by atoms with E-state index in [4.69, 9.17) is 0 Å². The van der Waals surface area contributed by atoms with Crippen LogP contribution in [0.5, 0.6) is 5.75 Å². The number of carboxylic acid groups (broad SMARTS) is 2. The van der Waals surface area contributed by atoms with E-state index >= 15 is 0 Å². The molecule has 5 amide bonds. The van der Waals surface area contributed by atoms with Gasteiger partial charge in [0.1, 0.15) is 6.04 Å². The van der Waals surface area contributed by atoms with Crippen LogP contribution in [0.25, 0.3) is 0 Å². The number of carboxylic acids is 2. The van der Waals surface area contributed by atoms with Crippen molar-refractivity contribution in [1.29, 1.82) is 0 Å². The number of amides is 5. The fourth-order valence-corrected chi connectivity index (χ4v) is 23.6. The van der Waals surface area contributed by atoms with Gasteiger partial charge in [-0.1, -0.05) is 6.07 Å². The second-order valence-corrected chi connectivity index (χ2v) is 29.8. The van der Waals surface area contributed by atoms with Crippen LogP contribution in [-0.2, 0) is 24.0 Å². The first-order valence-corrected chi connectivity index (χ1v) is 30.5. The third kappa shape index (κ3) is 18.4. The molecule has 21 heteroatoms. The Labute approximate surface area is 402 Å². The van der Waals surface area contributed by atoms with Gasteiger partial charge in [0.05, 0.1) is 18.7 Å². The van der Waals surface area contributed by atoms with E-state index in [1.54, 1.807) is 0 Å². The maximum absolute atomic E-state index is 14.0. The predicted octanol–water partition coefficient (Wildman–Crippen LogP) is 5.88. The summed E-state index contributed by atoms with van der Waals surface area (Å²) in [5.74, 6) is -17.5. The summed E-state index contributed by atoms with van der Waals surface area (Å²) in [7, 11) is 0. The zero-order valence-corrected chi connectivity index (χ0v) is 41.8. The predicted molar refractivity (Wildman–Crippen MR) is 249 cm³/mol. The average Bonchev–Trinajstić information content (AvgIpc) is 3.33. The number of carbonyl (C=O) groups is 8. The third-order valence-electron chi connectivity index (χ3n) is 11.4. The number of esters is 1. The Hall–Kier alpha value is -6.06. The summed E-state index contributed by atoms with van der Waals surface area (Å²) in [6.45, 7) is 5.35. The van der Waals surface area contributed by atoms with Crippen LogP contribution in [0, 0.1) is 23.3 Å². The van der Waals surface area contributed by atoms with E-state index in [1.165, 1.54) is 42.2 Å². The molecule has 0 spiro atoms. The van der Waals surface area contributed by atoms with Crippen molar-refractivity contribution in [2.24, 2.45) is 0 Å². The molecule has 0 aliphatic heterocycles. The Morgan fingerprint density at radius 3 is 1.70 bits per heavy atom. The zero-order valence-electron chi connectivity index (χ0n) is 39.0. The van der Waals surface area contributed by atoms with E-state index in [0.29, 0.717) is 18.4 Å². The van der Waals surface area contributed by atoms with Gasteiger partial charge in [-0.2, -0.15) is 8.78 Å². The number of ether oxygens (including phenoxy) is 1. The maximum atomic E-state index is 14.0. The van der Waals surface area contributed by atoms with Gasteiger partial charge in [-0.3, -0.25) is 24.0 Å².